The normalized spacial score (nSPS) is 13.5. The average molecular weight is 427 g/mol. The molecular weight excluding hydrogens is 403 g/mol. The molecule has 0 aliphatic carbocycles. The topological polar surface area (TPSA) is 93.6 Å². The van der Waals surface area contributed by atoms with Crippen LogP contribution < -0.4 is 10.1 Å². The van der Waals surface area contributed by atoms with Crippen molar-refractivity contribution in [1.82, 2.24) is 9.97 Å². The second-order valence-electron chi connectivity index (χ2n) is 6.50. The van der Waals surface area contributed by atoms with Gasteiger partial charge < -0.3 is 19.9 Å². The molecule has 2 rings (SSSR count). The van der Waals surface area contributed by atoms with E-state index >= 15 is 0 Å². The highest BCUT2D eigenvalue weighted by Crippen LogP contribution is 2.41. The molecule has 2 aromatic rings. The van der Waals surface area contributed by atoms with Gasteiger partial charge in [0.25, 0.3) is 0 Å². The van der Waals surface area contributed by atoms with E-state index in [0.717, 1.165) is 0 Å². The van der Waals surface area contributed by atoms with Crippen molar-refractivity contribution in [3.05, 3.63) is 41.7 Å². The molecule has 0 saturated heterocycles. The largest absolute Gasteiger partial charge is 0.481 e. The van der Waals surface area contributed by atoms with E-state index in [2.05, 4.69) is 15.3 Å². The number of nitrogens with one attached hydrogen (secondary N) is 1. The van der Waals surface area contributed by atoms with Crippen molar-refractivity contribution in [2.24, 2.45) is 0 Å². The summed E-state index contributed by atoms with van der Waals surface area (Å²) in [6.07, 6.45) is -3.75. The van der Waals surface area contributed by atoms with E-state index in [1.807, 2.05) is 6.92 Å². The number of carboxylic acids is 1. The van der Waals surface area contributed by atoms with Crippen LogP contribution in [0.25, 0.3) is 0 Å². The summed E-state index contributed by atoms with van der Waals surface area (Å²) in [6, 6.07) is 4.33. The third-order valence-electron chi connectivity index (χ3n) is 4.48. The van der Waals surface area contributed by atoms with Crippen LogP contribution in [0.5, 0.6) is 5.88 Å². The molecular formula is C20H24F3N3O4. The highest BCUT2D eigenvalue weighted by Gasteiger charge is 2.43. The van der Waals surface area contributed by atoms with E-state index in [4.69, 9.17) is 14.6 Å². The van der Waals surface area contributed by atoms with Crippen molar-refractivity contribution in [3.63, 3.8) is 0 Å². The number of hydrogen-bond acceptors (Lipinski definition) is 6. The van der Waals surface area contributed by atoms with Crippen LogP contribution in [-0.2, 0) is 9.53 Å². The van der Waals surface area contributed by atoms with Gasteiger partial charge in [-0.15, -0.1) is 0 Å². The van der Waals surface area contributed by atoms with Crippen LogP contribution in [0.2, 0.25) is 0 Å². The maximum Gasteiger partial charge on any atom is 0.418 e. The molecule has 0 aliphatic heterocycles. The maximum atomic E-state index is 13.6. The van der Waals surface area contributed by atoms with Crippen LogP contribution in [0.4, 0.5) is 24.7 Å². The maximum absolute atomic E-state index is 13.6. The van der Waals surface area contributed by atoms with Gasteiger partial charge in [-0.3, -0.25) is 4.79 Å². The minimum Gasteiger partial charge on any atom is -0.481 e. The van der Waals surface area contributed by atoms with Crippen molar-refractivity contribution in [2.45, 2.75) is 44.9 Å². The summed E-state index contributed by atoms with van der Waals surface area (Å²) in [5.41, 5.74) is 0.590. The molecule has 1 aromatic heterocycles. The number of alkyl halides is 3. The summed E-state index contributed by atoms with van der Waals surface area (Å²) in [5.74, 6) is -0.873. The van der Waals surface area contributed by atoms with E-state index < -0.39 is 18.2 Å². The van der Waals surface area contributed by atoms with Crippen LogP contribution in [0.3, 0.4) is 0 Å². The standard InChI is InChI=1S/C20H24F3N3O4/c1-4-12(9-18(27)28)13-6-7-14(19(30-5-2)20(21,22)23)15(8-13)26-16-10-25-17(29-3)11-24-16/h6-8,10-12,19H,4-5,9H2,1-3H3,(H,24,26)(H,27,28)/t12?,19-/m1/s1. The highest BCUT2D eigenvalue weighted by atomic mass is 19.4. The molecule has 2 atom stereocenters. The SMILES string of the molecule is CCO[C@H](c1ccc(C(CC)CC(=O)O)cc1Nc1cnc(OC)cn1)C(F)(F)F. The lowest BCUT2D eigenvalue weighted by Gasteiger charge is -2.25. The monoisotopic (exact) mass is 427 g/mol. The zero-order chi connectivity index (χ0) is 22.3. The molecule has 0 radical (unpaired) electrons. The second-order valence-corrected chi connectivity index (χ2v) is 6.50. The van der Waals surface area contributed by atoms with Gasteiger partial charge in [-0.1, -0.05) is 19.1 Å². The lowest BCUT2D eigenvalue weighted by molar-refractivity contribution is -0.222. The molecule has 0 aliphatic rings. The molecule has 7 nitrogen and oxygen atoms in total. The molecule has 164 valence electrons. The fourth-order valence-electron chi connectivity index (χ4n) is 3.02. The van der Waals surface area contributed by atoms with Crippen LogP contribution in [0.15, 0.2) is 30.6 Å². The van der Waals surface area contributed by atoms with Gasteiger partial charge in [0.1, 0.15) is 5.82 Å². The first-order valence-corrected chi connectivity index (χ1v) is 9.36. The molecule has 0 spiro atoms. The summed E-state index contributed by atoms with van der Waals surface area (Å²) >= 11 is 0. The minimum atomic E-state index is -4.63. The number of carbonyl (C=O) groups is 1. The van der Waals surface area contributed by atoms with E-state index in [1.54, 1.807) is 0 Å². The molecule has 0 saturated carbocycles. The Kier molecular flexibility index (Phi) is 7.99. The molecule has 0 amide bonds. The third kappa shape index (κ3) is 6.06. The quantitative estimate of drug-likeness (QED) is 0.560. The number of aliphatic carboxylic acids is 1. The highest BCUT2D eigenvalue weighted by molar-refractivity contribution is 5.69. The fraction of sp³-hybridized carbons (Fsp3) is 0.450. The number of halogens is 3. The van der Waals surface area contributed by atoms with Gasteiger partial charge in [-0.05, 0) is 30.9 Å². The zero-order valence-corrected chi connectivity index (χ0v) is 16.9. The Bertz CT molecular complexity index is 844. The number of aromatic nitrogens is 2. The first-order valence-electron chi connectivity index (χ1n) is 9.36. The fourth-order valence-corrected chi connectivity index (χ4v) is 3.02. The van der Waals surface area contributed by atoms with Crippen molar-refractivity contribution in [2.75, 3.05) is 19.0 Å². The molecule has 0 bridgehead atoms. The summed E-state index contributed by atoms with van der Waals surface area (Å²) in [7, 11) is 1.42. The Balaban J connectivity index is 2.52. The molecule has 10 heteroatoms. The van der Waals surface area contributed by atoms with E-state index in [9.17, 15) is 18.0 Å². The molecule has 2 N–H and O–H groups in total. The molecule has 0 fully saturated rings. The number of rotatable bonds is 10. The van der Waals surface area contributed by atoms with Gasteiger partial charge in [0.05, 0.1) is 25.9 Å². The van der Waals surface area contributed by atoms with Gasteiger partial charge in [-0.2, -0.15) is 13.2 Å². The number of carboxylic acid groups (broad SMARTS) is 1. The van der Waals surface area contributed by atoms with Gasteiger partial charge in [0.15, 0.2) is 6.10 Å². The Morgan fingerprint density at radius 2 is 1.97 bits per heavy atom. The van der Waals surface area contributed by atoms with Crippen molar-refractivity contribution < 1.29 is 32.5 Å². The van der Waals surface area contributed by atoms with Crippen LogP contribution in [0, 0.1) is 0 Å². The van der Waals surface area contributed by atoms with E-state index in [1.165, 1.54) is 44.6 Å². The lowest BCUT2D eigenvalue weighted by Crippen LogP contribution is -2.24. The Hall–Kier alpha value is -2.88. The number of benzene rings is 1. The average Bonchev–Trinajstić information content (AvgIpc) is 2.70. The summed E-state index contributed by atoms with van der Waals surface area (Å²) in [4.78, 5) is 19.2. The predicted octanol–water partition coefficient (Wildman–Crippen LogP) is 4.84. The Labute approximate surface area is 172 Å². The first kappa shape index (κ1) is 23.4. The van der Waals surface area contributed by atoms with Gasteiger partial charge in [-0.25, -0.2) is 9.97 Å². The van der Waals surface area contributed by atoms with Crippen molar-refractivity contribution >= 4 is 17.5 Å². The third-order valence-corrected chi connectivity index (χ3v) is 4.48. The lowest BCUT2D eigenvalue weighted by atomic mass is 9.91. The van der Waals surface area contributed by atoms with E-state index in [0.29, 0.717) is 12.0 Å². The Morgan fingerprint density at radius 1 is 1.23 bits per heavy atom. The summed E-state index contributed by atoms with van der Waals surface area (Å²) in [5, 5.41) is 12.0. The summed E-state index contributed by atoms with van der Waals surface area (Å²) in [6.45, 7) is 3.17. The molecule has 1 heterocycles. The van der Waals surface area contributed by atoms with Gasteiger partial charge >= 0.3 is 12.1 Å². The number of ether oxygens (including phenoxy) is 2. The number of hydrogen-bond donors (Lipinski definition) is 2. The van der Waals surface area contributed by atoms with Crippen LogP contribution in [0.1, 0.15) is 49.8 Å². The van der Waals surface area contributed by atoms with Crippen LogP contribution >= 0.6 is 0 Å². The molecule has 1 unspecified atom stereocenters. The van der Waals surface area contributed by atoms with Crippen LogP contribution in [-0.4, -0.2) is 40.9 Å². The first-order chi connectivity index (χ1) is 14.2. The van der Waals surface area contributed by atoms with Crippen molar-refractivity contribution in [1.29, 1.82) is 0 Å². The number of nitrogens with zero attached hydrogens (tertiary/aromatic N) is 2. The predicted molar refractivity (Wildman–Crippen MR) is 104 cm³/mol. The molecule has 30 heavy (non-hydrogen) atoms. The zero-order valence-electron chi connectivity index (χ0n) is 16.9. The van der Waals surface area contributed by atoms with E-state index in [-0.39, 0.29) is 41.9 Å². The number of methoxy groups -OCH3 is 1. The van der Waals surface area contributed by atoms with Gasteiger partial charge in [0.2, 0.25) is 5.88 Å². The minimum absolute atomic E-state index is 0.117. The van der Waals surface area contributed by atoms with Crippen molar-refractivity contribution in [3.8, 4) is 5.88 Å². The Morgan fingerprint density at radius 3 is 2.47 bits per heavy atom. The molecule has 1 aromatic carbocycles. The smallest absolute Gasteiger partial charge is 0.418 e. The summed E-state index contributed by atoms with van der Waals surface area (Å²) < 4.78 is 50.8. The second kappa shape index (κ2) is 10.2. The van der Waals surface area contributed by atoms with Gasteiger partial charge in [0, 0.05) is 17.9 Å². The number of anilines is 2.